The second kappa shape index (κ2) is 8.79. The van der Waals surface area contributed by atoms with Crippen molar-refractivity contribution in [3.63, 3.8) is 0 Å². The first kappa shape index (κ1) is 20.9. The van der Waals surface area contributed by atoms with Crippen LogP contribution in [0.1, 0.15) is 24.0 Å². The van der Waals surface area contributed by atoms with Gasteiger partial charge in [0.05, 0.1) is 13.0 Å². The molecule has 162 valence electrons. The van der Waals surface area contributed by atoms with E-state index in [2.05, 4.69) is 28.3 Å². The molecule has 1 aliphatic heterocycles. The van der Waals surface area contributed by atoms with Gasteiger partial charge in [0.25, 0.3) is 0 Å². The van der Waals surface area contributed by atoms with Crippen molar-refractivity contribution >= 4 is 17.6 Å². The molecule has 0 N–H and O–H groups in total. The van der Waals surface area contributed by atoms with Crippen LogP contribution >= 0.6 is 0 Å². The van der Waals surface area contributed by atoms with Crippen LogP contribution in [0.5, 0.6) is 5.75 Å². The predicted octanol–water partition coefficient (Wildman–Crippen LogP) is 4.24. The number of nitrogens with zero attached hydrogens (tertiary/aromatic N) is 4. The summed E-state index contributed by atoms with van der Waals surface area (Å²) in [5.74, 6) is 1.31. The molecule has 1 saturated heterocycles. The highest BCUT2D eigenvalue weighted by Gasteiger charge is 2.31. The highest BCUT2D eigenvalue weighted by atomic mass is 16.5. The van der Waals surface area contributed by atoms with Crippen molar-refractivity contribution < 1.29 is 14.1 Å². The highest BCUT2D eigenvalue weighted by Crippen LogP contribution is 2.28. The molecule has 1 aromatic heterocycles. The molecule has 0 bridgehead atoms. The molecule has 1 amide bonds. The quantitative estimate of drug-likeness (QED) is 0.615. The molecule has 31 heavy (non-hydrogen) atoms. The summed E-state index contributed by atoms with van der Waals surface area (Å²) in [5.41, 5.74) is 4.05. The molecule has 0 aliphatic carbocycles. The number of hydrogen-bond acceptors (Lipinski definition) is 6. The average molecular weight is 421 g/mol. The number of methoxy groups -OCH3 is 1. The predicted molar refractivity (Wildman–Crippen MR) is 121 cm³/mol. The number of anilines is 2. The normalized spacial score (nSPS) is 16.3. The van der Waals surface area contributed by atoms with E-state index in [0.29, 0.717) is 18.4 Å². The number of piperidine rings is 1. The van der Waals surface area contributed by atoms with Gasteiger partial charge in [-0.05, 0) is 68.1 Å². The summed E-state index contributed by atoms with van der Waals surface area (Å²) < 4.78 is 10.7. The van der Waals surface area contributed by atoms with Gasteiger partial charge in [0, 0.05) is 31.4 Å². The number of ether oxygens (including phenoxy) is 1. The number of carbonyl (C=O) groups is 1. The Hall–Kier alpha value is -3.35. The van der Waals surface area contributed by atoms with Gasteiger partial charge in [-0.25, -0.2) is 0 Å². The molecule has 2 aromatic carbocycles. The van der Waals surface area contributed by atoms with Gasteiger partial charge in [-0.1, -0.05) is 17.3 Å². The Bertz CT molecular complexity index is 1060. The Balaban J connectivity index is 1.47. The lowest BCUT2D eigenvalue weighted by atomic mass is 9.96. The Morgan fingerprint density at radius 1 is 1.19 bits per heavy atom. The first-order valence-electron chi connectivity index (χ1n) is 10.5. The minimum atomic E-state index is -0.116. The van der Waals surface area contributed by atoms with E-state index in [1.807, 2.05) is 50.1 Å². The Labute approximate surface area is 182 Å². The summed E-state index contributed by atoms with van der Waals surface area (Å²) in [6, 6.07) is 14.2. The fraction of sp³-hybridized carbons (Fsp3) is 0.375. The van der Waals surface area contributed by atoms with Gasteiger partial charge < -0.3 is 19.1 Å². The van der Waals surface area contributed by atoms with Crippen LogP contribution < -0.4 is 14.5 Å². The zero-order valence-electron chi connectivity index (χ0n) is 18.5. The van der Waals surface area contributed by atoms with Crippen molar-refractivity contribution in [2.45, 2.75) is 26.7 Å². The lowest BCUT2D eigenvalue weighted by Crippen LogP contribution is -2.44. The van der Waals surface area contributed by atoms with E-state index in [9.17, 15) is 4.79 Å². The third-order valence-electron chi connectivity index (χ3n) is 5.86. The fourth-order valence-electron chi connectivity index (χ4n) is 4.03. The minimum absolute atomic E-state index is 0.116. The Kier molecular flexibility index (Phi) is 5.93. The molecule has 1 unspecified atom stereocenters. The summed E-state index contributed by atoms with van der Waals surface area (Å²) in [6.07, 6.45) is 1.75. The van der Waals surface area contributed by atoms with Crippen molar-refractivity contribution in [3.8, 4) is 17.1 Å². The second-order valence-corrected chi connectivity index (χ2v) is 8.10. The number of rotatable bonds is 5. The van der Waals surface area contributed by atoms with Gasteiger partial charge in [-0.15, -0.1) is 0 Å². The summed E-state index contributed by atoms with van der Waals surface area (Å²) in [6.45, 7) is 5.43. The summed E-state index contributed by atoms with van der Waals surface area (Å²) >= 11 is 0. The average Bonchev–Trinajstić information content (AvgIpc) is 3.30. The largest absolute Gasteiger partial charge is 0.497 e. The SMILES string of the molecule is COc1ccc(-c2noc(N3CCCC(C(=O)N(C)c4cc(C)ccc4C)C3)n2)cc1. The highest BCUT2D eigenvalue weighted by molar-refractivity contribution is 5.95. The van der Waals surface area contributed by atoms with Crippen LogP contribution in [0.25, 0.3) is 11.4 Å². The summed E-state index contributed by atoms with van der Waals surface area (Å²) in [7, 11) is 3.49. The van der Waals surface area contributed by atoms with E-state index >= 15 is 0 Å². The van der Waals surface area contributed by atoms with E-state index in [-0.39, 0.29) is 11.8 Å². The molecule has 7 heteroatoms. The molecule has 2 heterocycles. The Morgan fingerprint density at radius 2 is 1.97 bits per heavy atom. The molecule has 7 nitrogen and oxygen atoms in total. The van der Waals surface area contributed by atoms with Crippen LogP contribution in [0.4, 0.5) is 11.7 Å². The van der Waals surface area contributed by atoms with Gasteiger partial charge in [0.1, 0.15) is 5.75 Å². The monoisotopic (exact) mass is 420 g/mol. The van der Waals surface area contributed by atoms with Crippen LogP contribution in [-0.2, 0) is 4.79 Å². The third kappa shape index (κ3) is 4.40. The zero-order valence-corrected chi connectivity index (χ0v) is 18.5. The number of benzene rings is 2. The molecule has 1 fully saturated rings. The van der Waals surface area contributed by atoms with Gasteiger partial charge in [0.15, 0.2) is 0 Å². The lowest BCUT2D eigenvalue weighted by molar-refractivity contribution is -0.122. The zero-order chi connectivity index (χ0) is 22.0. The lowest BCUT2D eigenvalue weighted by Gasteiger charge is -2.33. The number of aromatic nitrogens is 2. The van der Waals surface area contributed by atoms with Crippen molar-refractivity contribution in [1.82, 2.24) is 10.1 Å². The molecular formula is C24H28N4O3. The van der Waals surface area contributed by atoms with E-state index in [4.69, 9.17) is 9.26 Å². The second-order valence-electron chi connectivity index (χ2n) is 8.10. The van der Waals surface area contributed by atoms with Crippen LogP contribution in [0.15, 0.2) is 47.0 Å². The molecule has 0 spiro atoms. The fourth-order valence-corrected chi connectivity index (χ4v) is 4.03. The maximum Gasteiger partial charge on any atom is 0.324 e. The first-order valence-corrected chi connectivity index (χ1v) is 10.5. The molecule has 1 atom stereocenters. The van der Waals surface area contributed by atoms with Crippen LogP contribution in [0.2, 0.25) is 0 Å². The van der Waals surface area contributed by atoms with E-state index in [1.54, 1.807) is 12.0 Å². The van der Waals surface area contributed by atoms with Crippen molar-refractivity contribution in [1.29, 1.82) is 0 Å². The maximum absolute atomic E-state index is 13.2. The molecule has 0 saturated carbocycles. The summed E-state index contributed by atoms with van der Waals surface area (Å²) in [5, 5.41) is 4.13. The van der Waals surface area contributed by atoms with Crippen molar-refractivity contribution in [2.75, 3.05) is 37.0 Å². The topological polar surface area (TPSA) is 71.7 Å². The molecule has 1 aliphatic rings. The number of carbonyl (C=O) groups excluding carboxylic acids is 1. The number of amides is 1. The van der Waals surface area contributed by atoms with Crippen molar-refractivity contribution in [2.24, 2.45) is 5.92 Å². The first-order chi connectivity index (χ1) is 15.0. The van der Waals surface area contributed by atoms with Gasteiger partial charge in [0.2, 0.25) is 11.7 Å². The summed E-state index contributed by atoms with van der Waals surface area (Å²) in [4.78, 5) is 21.6. The van der Waals surface area contributed by atoms with E-state index in [0.717, 1.165) is 47.5 Å². The molecule has 3 aromatic rings. The molecular weight excluding hydrogens is 392 g/mol. The Morgan fingerprint density at radius 3 is 2.71 bits per heavy atom. The van der Waals surface area contributed by atoms with Gasteiger partial charge in [-0.2, -0.15) is 4.98 Å². The van der Waals surface area contributed by atoms with Crippen LogP contribution in [0.3, 0.4) is 0 Å². The third-order valence-corrected chi connectivity index (χ3v) is 5.86. The molecule has 0 radical (unpaired) electrons. The van der Waals surface area contributed by atoms with E-state index < -0.39 is 0 Å². The minimum Gasteiger partial charge on any atom is -0.497 e. The van der Waals surface area contributed by atoms with Crippen LogP contribution in [0, 0.1) is 19.8 Å². The van der Waals surface area contributed by atoms with Gasteiger partial charge >= 0.3 is 6.01 Å². The van der Waals surface area contributed by atoms with Gasteiger partial charge in [-0.3, -0.25) is 4.79 Å². The molecule has 4 rings (SSSR count). The smallest absolute Gasteiger partial charge is 0.324 e. The number of aryl methyl sites for hydroxylation is 2. The van der Waals surface area contributed by atoms with E-state index in [1.165, 1.54) is 0 Å². The number of hydrogen-bond donors (Lipinski definition) is 0. The standard InChI is InChI=1S/C24H28N4O3/c1-16-7-8-17(2)21(14-16)27(3)23(29)19-6-5-13-28(15-19)24-25-22(26-31-24)18-9-11-20(30-4)12-10-18/h7-12,14,19H,5-6,13,15H2,1-4H3. The van der Waals surface area contributed by atoms with Crippen LogP contribution in [-0.4, -0.2) is 43.3 Å². The maximum atomic E-state index is 13.2. The van der Waals surface area contributed by atoms with Crippen molar-refractivity contribution in [3.05, 3.63) is 53.6 Å².